The molecule has 0 bridgehead atoms. The normalized spacial score (nSPS) is 19.3. The monoisotopic (exact) mass is 311 g/mol. The molecule has 0 aliphatic carbocycles. The first kappa shape index (κ1) is 14.3. The summed E-state index contributed by atoms with van der Waals surface area (Å²) in [5, 5.41) is 6.29. The minimum atomic E-state index is -0.337. The van der Waals surface area contributed by atoms with Crippen LogP contribution in [0.2, 0.25) is 0 Å². The zero-order chi connectivity index (χ0) is 15.6. The van der Waals surface area contributed by atoms with Crippen molar-refractivity contribution in [3.05, 3.63) is 47.5 Å². The average molecular weight is 311 g/mol. The molecular formula is C17H21N5O. The fraction of sp³-hybridized carbons (Fsp3) is 0.412. The molecule has 3 heterocycles. The van der Waals surface area contributed by atoms with Gasteiger partial charge >= 0.3 is 0 Å². The Balaban J connectivity index is 1.34. The van der Waals surface area contributed by atoms with Crippen LogP contribution in [-0.4, -0.2) is 42.1 Å². The highest BCUT2D eigenvalue weighted by Gasteiger charge is 2.28. The number of hydrogen-bond donors (Lipinski definition) is 3. The van der Waals surface area contributed by atoms with E-state index in [9.17, 15) is 4.79 Å². The number of carbonyl (C=O) groups is 1. The molecule has 6 nitrogen and oxygen atoms in total. The largest absolute Gasteiger partial charge is 0.369 e. The van der Waals surface area contributed by atoms with Gasteiger partial charge in [-0.3, -0.25) is 4.79 Å². The molecule has 1 aromatic heterocycles. The highest BCUT2D eigenvalue weighted by atomic mass is 16.2. The number of rotatable bonds is 4. The van der Waals surface area contributed by atoms with Crippen LogP contribution in [-0.2, 0) is 17.6 Å². The van der Waals surface area contributed by atoms with Gasteiger partial charge in [-0.15, -0.1) is 0 Å². The van der Waals surface area contributed by atoms with Crippen LogP contribution < -0.4 is 15.5 Å². The van der Waals surface area contributed by atoms with Crippen LogP contribution in [0, 0.1) is 0 Å². The van der Waals surface area contributed by atoms with E-state index in [2.05, 4.69) is 49.8 Å². The quantitative estimate of drug-likeness (QED) is 0.780. The van der Waals surface area contributed by atoms with Crippen LogP contribution in [0.1, 0.15) is 23.0 Å². The van der Waals surface area contributed by atoms with Gasteiger partial charge < -0.3 is 20.5 Å². The molecule has 6 heteroatoms. The van der Waals surface area contributed by atoms with Gasteiger partial charge in [0.1, 0.15) is 6.04 Å². The maximum atomic E-state index is 12.4. The lowest BCUT2D eigenvalue weighted by molar-refractivity contribution is -0.123. The van der Waals surface area contributed by atoms with Gasteiger partial charge in [0.15, 0.2) is 0 Å². The Bertz CT molecular complexity index is 711. The molecule has 23 heavy (non-hydrogen) atoms. The molecule has 1 aromatic carbocycles. The Kier molecular flexibility index (Phi) is 3.75. The maximum Gasteiger partial charge on any atom is 0.243 e. The molecule has 0 spiro atoms. The molecule has 0 saturated carbocycles. The first-order chi connectivity index (χ1) is 11.3. The molecule has 2 aliphatic heterocycles. The molecule has 2 aromatic rings. The van der Waals surface area contributed by atoms with Gasteiger partial charge in [0.25, 0.3) is 0 Å². The fourth-order valence-electron chi connectivity index (χ4n) is 3.49. The summed E-state index contributed by atoms with van der Waals surface area (Å²) in [5.41, 5.74) is 4.60. The third-order valence-electron chi connectivity index (χ3n) is 4.68. The number of aromatic amines is 1. The predicted octanol–water partition coefficient (Wildman–Crippen LogP) is 0.775. The molecule has 0 radical (unpaired) electrons. The van der Waals surface area contributed by atoms with Crippen molar-refractivity contribution in [2.75, 3.05) is 31.1 Å². The van der Waals surface area contributed by atoms with E-state index in [4.69, 9.17) is 0 Å². The first-order valence-electron chi connectivity index (χ1n) is 8.19. The van der Waals surface area contributed by atoms with Crippen molar-refractivity contribution in [3.63, 3.8) is 0 Å². The summed E-state index contributed by atoms with van der Waals surface area (Å²) < 4.78 is 0. The highest BCUT2D eigenvalue weighted by Crippen LogP contribution is 2.26. The van der Waals surface area contributed by atoms with Crippen LogP contribution >= 0.6 is 0 Å². The molecule has 120 valence electrons. The summed E-state index contributed by atoms with van der Waals surface area (Å²) >= 11 is 0. The third-order valence-corrected chi connectivity index (χ3v) is 4.68. The van der Waals surface area contributed by atoms with Crippen molar-refractivity contribution in [1.82, 2.24) is 20.6 Å². The minimum absolute atomic E-state index is 0.00512. The number of fused-ring (bicyclic) bond motifs is 2. The maximum absolute atomic E-state index is 12.4. The summed E-state index contributed by atoms with van der Waals surface area (Å²) in [5.74, 6) is 0.00512. The van der Waals surface area contributed by atoms with E-state index in [0.717, 1.165) is 43.9 Å². The van der Waals surface area contributed by atoms with Crippen LogP contribution in [0.5, 0.6) is 0 Å². The van der Waals surface area contributed by atoms with Crippen molar-refractivity contribution < 1.29 is 4.79 Å². The van der Waals surface area contributed by atoms with Crippen LogP contribution in [0.25, 0.3) is 0 Å². The van der Waals surface area contributed by atoms with E-state index in [1.165, 1.54) is 11.3 Å². The zero-order valence-corrected chi connectivity index (χ0v) is 13.0. The molecule has 4 rings (SSSR count). The molecule has 1 atom stereocenters. The second-order valence-electron chi connectivity index (χ2n) is 6.06. The molecule has 2 aliphatic rings. The van der Waals surface area contributed by atoms with Gasteiger partial charge in [0.2, 0.25) is 5.91 Å². The highest BCUT2D eigenvalue weighted by molar-refractivity contribution is 5.83. The van der Waals surface area contributed by atoms with E-state index in [1.807, 2.05) is 0 Å². The van der Waals surface area contributed by atoms with E-state index in [1.54, 1.807) is 6.33 Å². The molecule has 3 N–H and O–H groups in total. The topological polar surface area (TPSA) is 73.1 Å². The second-order valence-corrected chi connectivity index (χ2v) is 6.06. The van der Waals surface area contributed by atoms with Crippen LogP contribution in [0.4, 0.5) is 5.69 Å². The van der Waals surface area contributed by atoms with Gasteiger partial charge in [-0.1, -0.05) is 18.2 Å². The number of imidazole rings is 1. The Morgan fingerprint density at radius 3 is 3.22 bits per heavy atom. The summed E-state index contributed by atoms with van der Waals surface area (Å²) in [6.07, 6.45) is 3.65. The van der Waals surface area contributed by atoms with Crippen LogP contribution in [0.3, 0.4) is 0 Å². The Morgan fingerprint density at radius 2 is 2.26 bits per heavy atom. The standard InChI is InChI=1S/C17H21N5O/c23-17(16-15-13(5-7-18-16)20-11-21-15)19-8-10-22-9-6-12-3-1-2-4-14(12)22/h1-4,11,16,18H,5-10H2,(H,19,23)(H,20,21). The molecule has 1 amide bonds. The second kappa shape index (κ2) is 6.04. The van der Waals surface area contributed by atoms with E-state index >= 15 is 0 Å². The van der Waals surface area contributed by atoms with Gasteiger partial charge in [-0.05, 0) is 18.1 Å². The molecule has 1 unspecified atom stereocenters. The van der Waals surface area contributed by atoms with E-state index in [-0.39, 0.29) is 11.9 Å². The lowest BCUT2D eigenvalue weighted by Crippen LogP contribution is -2.43. The van der Waals surface area contributed by atoms with Crippen molar-refractivity contribution >= 4 is 11.6 Å². The Hall–Kier alpha value is -2.34. The average Bonchev–Trinajstić information content (AvgIpc) is 3.21. The first-order valence-corrected chi connectivity index (χ1v) is 8.19. The zero-order valence-electron chi connectivity index (χ0n) is 13.0. The summed E-state index contributed by atoms with van der Waals surface area (Å²) in [7, 11) is 0. The smallest absolute Gasteiger partial charge is 0.243 e. The van der Waals surface area contributed by atoms with Crippen molar-refractivity contribution in [2.24, 2.45) is 0 Å². The SMILES string of the molecule is O=C(NCCN1CCc2ccccc21)C1NCCc2[nH]cnc21. The van der Waals surface area contributed by atoms with Crippen molar-refractivity contribution in [3.8, 4) is 0 Å². The van der Waals surface area contributed by atoms with E-state index in [0.29, 0.717) is 6.54 Å². The van der Waals surface area contributed by atoms with Gasteiger partial charge in [-0.25, -0.2) is 4.98 Å². The van der Waals surface area contributed by atoms with Crippen LogP contribution in [0.15, 0.2) is 30.6 Å². The molecular weight excluding hydrogens is 290 g/mol. The van der Waals surface area contributed by atoms with Gasteiger partial charge in [0.05, 0.1) is 12.0 Å². The number of nitrogens with one attached hydrogen (secondary N) is 3. The number of benzene rings is 1. The fourth-order valence-corrected chi connectivity index (χ4v) is 3.49. The molecule has 0 fully saturated rings. The number of nitrogens with zero attached hydrogens (tertiary/aromatic N) is 2. The summed E-state index contributed by atoms with van der Waals surface area (Å²) in [6.45, 7) is 3.31. The lowest BCUT2D eigenvalue weighted by atomic mass is 10.1. The van der Waals surface area contributed by atoms with Crippen molar-refractivity contribution in [1.29, 1.82) is 0 Å². The lowest BCUT2D eigenvalue weighted by Gasteiger charge is -2.23. The van der Waals surface area contributed by atoms with Crippen molar-refractivity contribution in [2.45, 2.75) is 18.9 Å². The van der Waals surface area contributed by atoms with E-state index < -0.39 is 0 Å². The van der Waals surface area contributed by atoms with Gasteiger partial charge in [0, 0.05) is 44.0 Å². The Labute approximate surface area is 135 Å². The number of carbonyl (C=O) groups excluding carboxylic acids is 1. The number of aromatic nitrogens is 2. The Morgan fingerprint density at radius 1 is 1.35 bits per heavy atom. The third kappa shape index (κ3) is 2.70. The number of para-hydroxylation sites is 1. The summed E-state index contributed by atoms with van der Waals surface area (Å²) in [6, 6.07) is 8.15. The summed E-state index contributed by atoms with van der Waals surface area (Å²) in [4.78, 5) is 22.2. The number of anilines is 1. The number of hydrogen-bond acceptors (Lipinski definition) is 4. The number of amides is 1. The van der Waals surface area contributed by atoms with Gasteiger partial charge in [-0.2, -0.15) is 0 Å². The number of H-pyrrole nitrogens is 1. The molecule has 0 saturated heterocycles. The minimum Gasteiger partial charge on any atom is -0.369 e. The predicted molar refractivity (Wildman–Crippen MR) is 88.4 cm³/mol.